The van der Waals surface area contributed by atoms with Crippen molar-refractivity contribution in [2.75, 3.05) is 13.2 Å². The zero-order valence-corrected chi connectivity index (χ0v) is 37.1. The molecule has 354 valence electrons. The molecule has 0 saturated heterocycles. The average Bonchev–Trinajstić information content (AvgIpc) is 3.24. The largest absolute Gasteiger partial charge is 0.472 e. The van der Waals surface area contributed by atoms with E-state index in [2.05, 4.69) is 31.2 Å². The van der Waals surface area contributed by atoms with Crippen LogP contribution in [-0.2, 0) is 32.7 Å². The van der Waals surface area contributed by atoms with Gasteiger partial charge in [0.05, 0.1) is 24.9 Å². The Hall–Kier alpha value is -3.09. The van der Waals surface area contributed by atoms with Gasteiger partial charge in [0.2, 0.25) is 0 Å². The molecule has 0 aromatic carbocycles. The van der Waals surface area contributed by atoms with Crippen LogP contribution in [0.5, 0.6) is 0 Å². The fourth-order valence-corrected chi connectivity index (χ4v) is 6.87. The van der Waals surface area contributed by atoms with Crippen LogP contribution in [0.2, 0.25) is 0 Å². The van der Waals surface area contributed by atoms with Crippen LogP contribution in [0.4, 0.5) is 0 Å². The Morgan fingerprint density at radius 2 is 1.23 bits per heavy atom. The third kappa shape index (κ3) is 26.5. The van der Waals surface area contributed by atoms with E-state index in [4.69, 9.17) is 18.5 Å². The Labute approximate surface area is 366 Å². The van der Waals surface area contributed by atoms with E-state index in [0.717, 1.165) is 57.8 Å². The number of aliphatic hydroxyl groups excluding tert-OH is 8. The van der Waals surface area contributed by atoms with Crippen molar-refractivity contribution in [1.82, 2.24) is 0 Å². The number of carbonyl (C=O) groups excluding carboxylic acids is 2. The Kier molecular flexibility index (Phi) is 31.5. The molecule has 0 bridgehead atoms. The lowest BCUT2D eigenvalue weighted by molar-refractivity contribution is -0.220. The van der Waals surface area contributed by atoms with E-state index in [1.807, 2.05) is 19.1 Å². The fourth-order valence-electron chi connectivity index (χ4n) is 5.90. The standard InChI is InChI=1S/C45H73O16P/c1-3-5-7-8-9-10-11-12-13-14-15-20-24-30-39(50)60-35(33-59-62(56,57)61-45-43(54)41(52)40(51)42(53)44(45)55)32-58-38(49)31-25-29-37(48)36(47)28-23-19-17-16-18-22-27-34(46)26-21-6-4-2/h6-8,10-11,16-19,21-23,27-28,34-37,40-48,51-55H,3-5,9,12-15,20,24-26,29-33H2,1-2H3,(H,56,57)/b8-7-,11-10-,18-16+,19-17-,21-6-,27-22+,28-23-/t34-,35-,36+,37+,40?,41-,42+,43-,44-,45?/m1/s1. The molecule has 1 saturated carbocycles. The first-order chi connectivity index (χ1) is 29.6. The van der Waals surface area contributed by atoms with Crippen molar-refractivity contribution in [1.29, 1.82) is 0 Å². The number of phosphoric acid groups is 1. The van der Waals surface area contributed by atoms with Crippen LogP contribution >= 0.6 is 7.82 Å². The highest BCUT2D eigenvalue weighted by Gasteiger charge is 2.51. The number of phosphoric ester groups is 1. The summed E-state index contributed by atoms with van der Waals surface area (Å²) >= 11 is 0. The number of ether oxygens (including phenoxy) is 2. The minimum absolute atomic E-state index is 0.00121. The first-order valence-electron chi connectivity index (χ1n) is 21.7. The summed E-state index contributed by atoms with van der Waals surface area (Å²) in [5.74, 6) is -1.46. The van der Waals surface area contributed by atoms with Crippen LogP contribution in [0.3, 0.4) is 0 Å². The predicted molar refractivity (Wildman–Crippen MR) is 234 cm³/mol. The number of rotatable bonds is 33. The predicted octanol–water partition coefficient (Wildman–Crippen LogP) is 4.63. The minimum Gasteiger partial charge on any atom is -0.462 e. The van der Waals surface area contributed by atoms with E-state index >= 15 is 0 Å². The quantitative estimate of drug-likeness (QED) is 0.0143. The molecule has 1 aliphatic carbocycles. The number of aliphatic hydroxyl groups is 8. The maximum absolute atomic E-state index is 12.8. The smallest absolute Gasteiger partial charge is 0.462 e. The van der Waals surface area contributed by atoms with Crippen LogP contribution in [0.25, 0.3) is 0 Å². The van der Waals surface area contributed by atoms with Gasteiger partial charge in [-0.2, -0.15) is 0 Å². The molecule has 1 rings (SSSR count). The van der Waals surface area contributed by atoms with Gasteiger partial charge in [-0.3, -0.25) is 18.6 Å². The Morgan fingerprint density at radius 3 is 1.89 bits per heavy atom. The highest BCUT2D eigenvalue weighted by atomic mass is 31.2. The Balaban J connectivity index is 2.65. The molecular formula is C45H73O16P. The second-order valence-corrected chi connectivity index (χ2v) is 16.4. The summed E-state index contributed by atoms with van der Waals surface area (Å²) in [6.07, 6.45) is 18.6. The summed E-state index contributed by atoms with van der Waals surface area (Å²) in [4.78, 5) is 35.7. The van der Waals surface area contributed by atoms with Crippen LogP contribution in [-0.4, -0.2) is 132 Å². The molecule has 3 unspecified atom stereocenters. The van der Waals surface area contributed by atoms with E-state index < -0.39 is 94.0 Å². The van der Waals surface area contributed by atoms with Gasteiger partial charge in [-0.1, -0.05) is 125 Å². The minimum atomic E-state index is -5.21. The van der Waals surface area contributed by atoms with E-state index in [1.165, 1.54) is 6.08 Å². The molecule has 9 N–H and O–H groups in total. The molecule has 0 amide bonds. The van der Waals surface area contributed by atoms with Gasteiger partial charge in [-0.25, -0.2) is 4.57 Å². The summed E-state index contributed by atoms with van der Waals surface area (Å²) < 4.78 is 33.2. The van der Waals surface area contributed by atoms with E-state index in [1.54, 1.807) is 42.5 Å². The number of allylic oxidation sites excluding steroid dienone is 11. The van der Waals surface area contributed by atoms with Crippen LogP contribution < -0.4 is 0 Å². The first kappa shape index (κ1) is 56.9. The van der Waals surface area contributed by atoms with Crippen molar-refractivity contribution in [2.24, 2.45) is 0 Å². The zero-order chi connectivity index (χ0) is 46.2. The Bertz CT molecular complexity index is 1460. The molecule has 0 aromatic heterocycles. The number of hydrogen-bond acceptors (Lipinski definition) is 15. The van der Waals surface area contributed by atoms with E-state index in [0.29, 0.717) is 12.8 Å². The van der Waals surface area contributed by atoms with Crippen molar-refractivity contribution in [2.45, 2.75) is 171 Å². The van der Waals surface area contributed by atoms with Crippen molar-refractivity contribution < 1.29 is 78.4 Å². The summed E-state index contributed by atoms with van der Waals surface area (Å²) in [5, 5.41) is 80.5. The van der Waals surface area contributed by atoms with Gasteiger partial charge >= 0.3 is 19.8 Å². The lowest BCUT2D eigenvalue weighted by Gasteiger charge is -2.41. The second kappa shape index (κ2) is 34.3. The van der Waals surface area contributed by atoms with Crippen LogP contribution in [0.1, 0.15) is 110 Å². The zero-order valence-electron chi connectivity index (χ0n) is 36.2. The lowest BCUT2D eigenvalue weighted by atomic mass is 9.85. The molecule has 1 fully saturated rings. The van der Waals surface area contributed by atoms with Crippen molar-refractivity contribution in [3.05, 3.63) is 85.1 Å². The third-order valence-corrected chi connectivity index (χ3v) is 10.5. The molecule has 0 aromatic rings. The van der Waals surface area contributed by atoms with Crippen LogP contribution in [0, 0.1) is 0 Å². The molecule has 11 atom stereocenters. The highest BCUT2D eigenvalue weighted by Crippen LogP contribution is 2.47. The van der Waals surface area contributed by atoms with E-state index in [-0.39, 0.29) is 25.7 Å². The molecule has 0 aliphatic heterocycles. The third-order valence-electron chi connectivity index (χ3n) is 9.54. The summed E-state index contributed by atoms with van der Waals surface area (Å²) in [7, 11) is -5.21. The lowest BCUT2D eigenvalue weighted by Crippen LogP contribution is -2.64. The molecular weight excluding hydrogens is 827 g/mol. The van der Waals surface area contributed by atoms with Gasteiger partial charge in [0, 0.05) is 12.8 Å². The summed E-state index contributed by atoms with van der Waals surface area (Å²) in [6.45, 7) is 2.70. The van der Waals surface area contributed by atoms with Gasteiger partial charge in [0.1, 0.15) is 43.2 Å². The van der Waals surface area contributed by atoms with Crippen molar-refractivity contribution >= 4 is 19.8 Å². The maximum atomic E-state index is 12.8. The monoisotopic (exact) mass is 900 g/mol. The number of carbonyl (C=O) groups is 2. The molecule has 0 radical (unpaired) electrons. The normalized spacial score (nSPS) is 24.2. The Morgan fingerprint density at radius 1 is 0.645 bits per heavy atom. The topological polar surface area (TPSA) is 270 Å². The number of esters is 2. The average molecular weight is 901 g/mol. The van der Waals surface area contributed by atoms with Gasteiger partial charge in [-0.15, -0.1) is 0 Å². The molecule has 62 heavy (non-hydrogen) atoms. The van der Waals surface area contributed by atoms with Gasteiger partial charge < -0.3 is 55.2 Å². The number of hydrogen-bond donors (Lipinski definition) is 9. The van der Waals surface area contributed by atoms with Gasteiger partial charge in [0.15, 0.2) is 6.10 Å². The van der Waals surface area contributed by atoms with Crippen molar-refractivity contribution in [3.63, 3.8) is 0 Å². The van der Waals surface area contributed by atoms with Gasteiger partial charge in [0.25, 0.3) is 0 Å². The molecule has 0 spiro atoms. The molecule has 17 heteroatoms. The molecule has 16 nitrogen and oxygen atoms in total. The summed E-state index contributed by atoms with van der Waals surface area (Å²) in [6, 6.07) is 0. The van der Waals surface area contributed by atoms with Gasteiger partial charge in [-0.05, 0) is 57.8 Å². The first-order valence-corrected chi connectivity index (χ1v) is 23.2. The fraction of sp³-hybridized carbons (Fsp3) is 0.644. The molecule has 1 aliphatic rings. The van der Waals surface area contributed by atoms with Crippen LogP contribution in [0.15, 0.2) is 85.1 Å². The maximum Gasteiger partial charge on any atom is 0.472 e. The second-order valence-electron chi connectivity index (χ2n) is 15.0. The molecule has 0 heterocycles. The SMILES string of the molecule is CC/C=C\C[C@@H](O)/C=C/C=C/C=C\C=C/[C@H](O)[C@@H](O)CCCC(=O)OC[C@H](COP(=O)(O)OC1[C@H](O)[C@H](O)C(O)[C@H](O)[C@H]1O)OC(=O)CCCCCCC/C=C\C/C=C\CCC. The van der Waals surface area contributed by atoms with E-state index in [9.17, 15) is 59.9 Å². The highest BCUT2D eigenvalue weighted by molar-refractivity contribution is 7.47. The summed E-state index contributed by atoms with van der Waals surface area (Å²) in [5.41, 5.74) is 0. The number of unbranched alkanes of at least 4 members (excludes halogenated alkanes) is 6. The van der Waals surface area contributed by atoms with Crippen molar-refractivity contribution in [3.8, 4) is 0 Å².